The Kier molecular flexibility index (Phi) is 6.46. The first-order valence-corrected chi connectivity index (χ1v) is 13.1. The van der Waals surface area contributed by atoms with Gasteiger partial charge in [-0.15, -0.1) is 0 Å². The second-order valence-electron chi connectivity index (χ2n) is 10.0. The molecule has 0 saturated carbocycles. The molecule has 0 radical (unpaired) electrons. The minimum atomic E-state index is -3.76. The Morgan fingerprint density at radius 2 is 1.77 bits per heavy atom. The summed E-state index contributed by atoms with van der Waals surface area (Å²) in [5, 5.41) is 5.20. The molecule has 8 heteroatoms. The molecule has 35 heavy (non-hydrogen) atoms. The average molecular weight is 494 g/mol. The van der Waals surface area contributed by atoms with Gasteiger partial charge in [0.15, 0.2) is 5.78 Å². The first kappa shape index (κ1) is 24.9. The van der Waals surface area contributed by atoms with Gasteiger partial charge in [0, 0.05) is 54.5 Å². The zero-order valence-electron chi connectivity index (χ0n) is 20.5. The SMILES string of the molecule is CC(=O)N1Cc2cc(C(=O)C(C)Cc3cccn3-c3ccc(S(N)(=O)=O)cc3)ccc2C(C)(C)C1. The number of rotatable bonds is 6. The maximum Gasteiger partial charge on any atom is 0.238 e. The second-order valence-corrected chi connectivity index (χ2v) is 11.6. The van der Waals surface area contributed by atoms with Crippen molar-refractivity contribution in [2.45, 2.75) is 51.0 Å². The summed E-state index contributed by atoms with van der Waals surface area (Å²) in [5.74, 6) is -0.194. The van der Waals surface area contributed by atoms with Crippen LogP contribution in [0, 0.1) is 5.92 Å². The molecular formula is C27H31N3O4S. The molecule has 4 rings (SSSR count). The number of Topliss-reactive ketones (excluding diaryl/α,β-unsaturated/α-hetero) is 1. The Morgan fingerprint density at radius 3 is 2.40 bits per heavy atom. The maximum absolute atomic E-state index is 13.4. The zero-order valence-corrected chi connectivity index (χ0v) is 21.3. The Balaban J connectivity index is 1.55. The summed E-state index contributed by atoms with van der Waals surface area (Å²) in [5.41, 5.74) is 4.40. The fourth-order valence-corrected chi connectivity index (χ4v) is 5.42. The fraction of sp³-hybridized carbons (Fsp3) is 0.333. The summed E-state index contributed by atoms with van der Waals surface area (Å²) in [6.07, 6.45) is 2.40. The van der Waals surface area contributed by atoms with Crippen LogP contribution in [0.5, 0.6) is 0 Å². The van der Waals surface area contributed by atoms with Crippen molar-refractivity contribution >= 4 is 21.7 Å². The lowest BCUT2D eigenvalue weighted by Crippen LogP contribution is -2.44. The van der Waals surface area contributed by atoms with Crippen LogP contribution >= 0.6 is 0 Å². The molecule has 1 atom stereocenters. The molecule has 2 aromatic carbocycles. The number of nitrogens with two attached hydrogens (primary N) is 1. The number of amides is 1. The third kappa shape index (κ3) is 5.09. The highest BCUT2D eigenvalue weighted by Gasteiger charge is 2.33. The third-order valence-electron chi connectivity index (χ3n) is 6.75. The summed E-state index contributed by atoms with van der Waals surface area (Å²) in [4.78, 5) is 27.3. The molecule has 0 fully saturated rings. The molecule has 0 aliphatic carbocycles. The first-order valence-electron chi connectivity index (χ1n) is 11.6. The second kappa shape index (κ2) is 9.09. The van der Waals surface area contributed by atoms with E-state index >= 15 is 0 Å². The van der Waals surface area contributed by atoms with Crippen LogP contribution in [0.4, 0.5) is 0 Å². The summed E-state index contributed by atoms with van der Waals surface area (Å²) < 4.78 is 25.0. The molecule has 1 unspecified atom stereocenters. The Hall–Kier alpha value is -3.23. The van der Waals surface area contributed by atoms with Gasteiger partial charge in [0.05, 0.1) is 4.90 Å². The quantitative estimate of drug-likeness (QED) is 0.527. The number of benzene rings is 2. The van der Waals surface area contributed by atoms with Crippen LogP contribution in [0.2, 0.25) is 0 Å². The predicted octanol–water partition coefficient (Wildman–Crippen LogP) is 3.83. The van der Waals surface area contributed by atoms with Crippen molar-refractivity contribution < 1.29 is 18.0 Å². The number of carbonyl (C=O) groups is 2. The molecular weight excluding hydrogens is 462 g/mol. The number of primary sulfonamides is 1. The minimum absolute atomic E-state index is 0.0340. The standard InChI is InChI=1S/C27H31N3O4S/c1-18(14-23-6-5-13-30(23)22-8-10-24(11-9-22)35(28,33)34)26(32)20-7-12-25-21(15-20)16-29(19(2)31)17-27(25,3)4/h5-13,15,18H,14,16-17H2,1-4H3,(H2,28,33,34). The molecule has 3 aromatic rings. The monoisotopic (exact) mass is 493 g/mol. The van der Waals surface area contributed by atoms with Crippen molar-refractivity contribution in [1.29, 1.82) is 0 Å². The zero-order chi connectivity index (χ0) is 25.5. The van der Waals surface area contributed by atoms with Crippen molar-refractivity contribution in [2.24, 2.45) is 11.1 Å². The molecule has 2 N–H and O–H groups in total. The van der Waals surface area contributed by atoms with Gasteiger partial charge in [0.25, 0.3) is 0 Å². The van der Waals surface area contributed by atoms with Crippen LogP contribution in [0.3, 0.4) is 0 Å². The van der Waals surface area contributed by atoms with Gasteiger partial charge in [0.1, 0.15) is 0 Å². The smallest absolute Gasteiger partial charge is 0.238 e. The summed E-state index contributed by atoms with van der Waals surface area (Å²) in [6, 6.07) is 16.1. The van der Waals surface area contributed by atoms with E-state index in [2.05, 4.69) is 13.8 Å². The lowest BCUT2D eigenvalue weighted by molar-refractivity contribution is -0.130. The van der Waals surface area contributed by atoms with Crippen molar-refractivity contribution in [2.75, 3.05) is 6.54 Å². The van der Waals surface area contributed by atoms with Crippen LogP contribution < -0.4 is 5.14 Å². The normalized spacial score (nSPS) is 16.0. The van der Waals surface area contributed by atoms with Crippen LogP contribution in [-0.4, -0.2) is 36.1 Å². The van der Waals surface area contributed by atoms with E-state index in [1.54, 1.807) is 19.1 Å². The van der Waals surface area contributed by atoms with E-state index in [1.165, 1.54) is 17.7 Å². The van der Waals surface area contributed by atoms with Gasteiger partial charge in [0.2, 0.25) is 15.9 Å². The van der Waals surface area contributed by atoms with E-state index < -0.39 is 10.0 Å². The molecule has 1 aliphatic heterocycles. The average Bonchev–Trinajstić information content (AvgIpc) is 3.25. The van der Waals surface area contributed by atoms with Crippen LogP contribution in [-0.2, 0) is 33.2 Å². The molecule has 2 heterocycles. The van der Waals surface area contributed by atoms with Gasteiger partial charge in [-0.25, -0.2) is 13.6 Å². The topological polar surface area (TPSA) is 102 Å². The first-order chi connectivity index (χ1) is 16.4. The number of hydrogen-bond donors (Lipinski definition) is 1. The lowest BCUT2D eigenvalue weighted by atomic mass is 9.77. The predicted molar refractivity (Wildman–Crippen MR) is 135 cm³/mol. The molecule has 7 nitrogen and oxygen atoms in total. The molecule has 0 spiro atoms. The number of hydrogen-bond acceptors (Lipinski definition) is 4. The van der Waals surface area contributed by atoms with E-state index in [4.69, 9.17) is 5.14 Å². The summed E-state index contributed by atoms with van der Waals surface area (Å²) in [6.45, 7) is 8.91. The molecule has 0 saturated heterocycles. The van der Waals surface area contributed by atoms with Crippen LogP contribution in [0.15, 0.2) is 65.7 Å². The molecule has 1 aromatic heterocycles. The summed E-state index contributed by atoms with van der Waals surface area (Å²) in [7, 11) is -3.76. The highest BCUT2D eigenvalue weighted by Crippen LogP contribution is 2.34. The van der Waals surface area contributed by atoms with Crippen molar-refractivity contribution in [3.63, 3.8) is 0 Å². The number of ketones is 1. The Morgan fingerprint density at radius 1 is 1.09 bits per heavy atom. The van der Waals surface area contributed by atoms with Gasteiger partial charge in [-0.1, -0.05) is 32.9 Å². The Labute approximate surface area is 206 Å². The maximum atomic E-state index is 13.4. The van der Waals surface area contributed by atoms with Gasteiger partial charge in [-0.2, -0.15) is 0 Å². The van der Waals surface area contributed by atoms with Crippen LogP contribution in [0.25, 0.3) is 5.69 Å². The molecule has 184 valence electrons. The summed E-state index contributed by atoms with van der Waals surface area (Å²) >= 11 is 0. The third-order valence-corrected chi connectivity index (χ3v) is 7.68. The van der Waals surface area contributed by atoms with Crippen molar-refractivity contribution in [3.05, 3.63) is 83.2 Å². The van der Waals surface area contributed by atoms with E-state index in [0.29, 0.717) is 25.1 Å². The van der Waals surface area contributed by atoms with Gasteiger partial charge < -0.3 is 9.47 Å². The minimum Gasteiger partial charge on any atom is -0.338 e. The number of nitrogens with zero attached hydrogens (tertiary/aromatic N) is 2. The number of sulfonamides is 1. The highest BCUT2D eigenvalue weighted by atomic mass is 32.2. The van der Waals surface area contributed by atoms with Gasteiger partial charge in [-0.05, 0) is 60.0 Å². The molecule has 0 bridgehead atoms. The largest absolute Gasteiger partial charge is 0.338 e. The van der Waals surface area contributed by atoms with Crippen LogP contribution in [0.1, 0.15) is 54.9 Å². The van der Waals surface area contributed by atoms with Crippen molar-refractivity contribution in [3.8, 4) is 5.69 Å². The molecule has 1 aliphatic rings. The number of aromatic nitrogens is 1. The lowest BCUT2D eigenvalue weighted by Gasteiger charge is -2.39. The molecule has 1 amide bonds. The fourth-order valence-electron chi connectivity index (χ4n) is 4.91. The number of fused-ring (bicyclic) bond motifs is 1. The van der Waals surface area contributed by atoms with E-state index in [9.17, 15) is 18.0 Å². The van der Waals surface area contributed by atoms with Crippen molar-refractivity contribution in [1.82, 2.24) is 9.47 Å². The number of carbonyl (C=O) groups excluding carboxylic acids is 2. The highest BCUT2D eigenvalue weighted by molar-refractivity contribution is 7.89. The van der Waals surface area contributed by atoms with E-state index in [1.807, 2.05) is 52.9 Å². The van der Waals surface area contributed by atoms with Gasteiger partial charge in [-0.3, -0.25) is 9.59 Å². The van der Waals surface area contributed by atoms with Gasteiger partial charge >= 0.3 is 0 Å². The Bertz CT molecular complexity index is 1390. The van der Waals surface area contributed by atoms with E-state index in [-0.39, 0.29) is 27.9 Å². The van der Waals surface area contributed by atoms with E-state index in [0.717, 1.165) is 16.9 Å².